The van der Waals surface area contributed by atoms with Crippen molar-refractivity contribution < 1.29 is 9.59 Å². The van der Waals surface area contributed by atoms with E-state index in [1.807, 2.05) is 10.3 Å². The maximum absolute atomic E-state index is 12.5. The summed E-state index contributed by atoms with van der Waals surface area (Å²) in [5.41, 5.74) is 0. The lowest BCUT2D eigenvalue weighted by molar-refractivity contribution is -0.130. The van der Waals surface area contributed by atoms with Gasteiger partial charge in [0.25, 0.3) is 0 Å². The standard InChI is InChI=1S/C14H19N3O2S/c1-16(14-15-6-7-20-14)13(19)10-8-12(18)17(9-10)11-4-2-3-5-11/h6-7,10-11H,2-5,8-9H2,1H3. The van der Waals surface area contributed by atoms with Gasteiger partial charge in [0.15, 0.2) is 5.13 Å². The van der Waals surface area contributed by atoms with Gasteiger partial charge in [-0.25, -0.2) is 4.98 Å². The Balaban J connectivity index is 1.66. The number of aromatic nitrogens is 1. The number of anilines is 1. The first-order valence-electron chi connectivity index (χ1n) is 7.13. The van der Waals surface area contributed by atoms with Crippen LogP contribution in [0.5, 0.6) is 0 Å². The van der Waals surface area contributed by atoms with Crippen molar-refractivity contribution in [2.24, 2.45) is 5.92 Å². The van der Waals surface area contributed by atoms with E-state index < -0.39 is 0 Å². The van der Waals surface area contributed by atoms with E-state index in [0.29, 0.717) is 24.1 Å². The van der Waals surface area contributed by atoms with Gasteiger partial charge in [-0.15, -0.1) is 11.3 Å². The lowest BCUT2D eigenvalue weighted by Crippen LogP contribution is -2.37. The molecule has 2 aliphatic rings. The minimum absolute atomic E-state index is 0.00815. The molecule has 6 heteroatoms. The molecule has 3 rings (SSSR count). The summed E-state index contributed by atoms with van der Waals surface area (Å²) in [6.07, 6.45) is 6.63. The normalized spacial score (nSPS) is 23.6. The second-order valence-electron chi connectivity index (χ2n) is 5.60. The van der Waals surface area contributed by atoms with Crippen LogP contribution in [0, 0.1) is 5.92 Å². The summed E-state index contributed by atoms with van der Waals surface area (Å²) < 4.78 is 0. The molecule has 0 aromatic carbocycles. The number of rotatable bonds is 3. The largest absolute Gasteiger partial charge is 0.339 e. The molecule has 0 radical (unpaired) electrons. The Morgan fingerprint density at radius 3 is 2.85 bits per heavy atom. The summed E-state index contributed by atoms with van der Waals surface area (Å²) in [6, 6.07) is 0.366. The third-order valence-corrected chi connectivity index (χ3v) is 5.16. The highest BCUT2D eigenvalue weighted by Gasteiger charge is 2.39. The molecule has 20 heavy (non-hydrogen) atoms. The van der Waals surface area contributed by atoms with Crippen LogP contribution in [0.3, 0.4) is 0 Å². The van der Waals surface area contributed by atoms with Crippen LogP contribution in [0.1, 0.15) is 32.1 Å². The van der Waals surface area contributed by atoms with Crippen LogP contribution in [0.2, 0.25) is 0 Å². The first kappa shape index (κ1) is 13.5. The highest BCUT2D eigenvalue weighted by molar-refractivity contribution is 7.13. The Hall–Kier alpha value is -1.43. The lowest BCUT2D eigenvalue weighted by Gasteiger charge is -2.24. The van der Waals surface area contributed by atoms with Crippen LogP contribution in [-0.2, 0) is 9.59 Å². The van der Waals surface area contributed by atoms with Gasteiger partial charge in [-0.2, -0.15) is 0 Å². The summed E-state index contributed by atoms with van der Waals surface area (Å²) in [7, 11) is 1.74. The summed E-state index contributed by atoms with van der Waals surface area (Å²) in [5, 5.41) is 2.55. The molecule has 0 N–H and O–H groups in total. The van der Waals surface area contributed by atoms with Gasteiger partial charge in [-0.1, -0.05) is 12.8 Å². The molecule has 1 unspecified atom stereocenters. The summed E-state index contributed by atoms with van der Waals surface area (Å²) >= 11 is 1.44. The fourth-order valence-electron chi connectivity index (χ4n) is 3.22. The van der Waals surface area contributed by atoms with Gasteiger partial charge in [0, 0.05) is 37.6 Å². The van der Waals surface area contributed by atoms with Crippen LogP contribution in [0.15, 0.2) is 11.6 Å². The molecule has 2 fully saturated rings. The highest BCUT2D eigenvalue weighted by atomic mass is 32.1. The number of hydrogen-bond donors (Lipinski definition) is 0. The number of carbonyl (C=O) groups is 2. The Labute approximate surface area is 122 Å². The van der Waals surface area contributed by atoms with Crippen molar-refractivity contribution in [2.45, 2.75) is 38.1 Å². The van der Waals surface area contributed by atoms with E-state index in [2.05, 4.69) is 4.98 Å². The number of thiazole rings is 1. The maximum Gasteiger partial charge on any atom is 0.233 e. The number of nitrogens with zero attached hydrogens (tertiary/aromatic N) is 3. The van der Waals surface area contributed by atoms with E-state index in [4.69, 9.17) is 0 Å². The number of carbonyl (C=O) groups excluding carboxylic acids is 2. The van der Waals surface area contributed by atoms with Gasteiger partial charge < -0.3 is 4.90 Å². The number of hydrogen-bond acceptors (Lipinski definition) is 4. The predicted octanol–water partition coefficient (Wildman–Crippen LogP) is 1.90. The number of amides is 2. The van der Waals surface area contributed by atoms with E-state index in [1.54, 1.807) is 18.1 Å². The summed E-state index contributed by atoms with van der Waals surface area (Å²) in [5.74, 6) is -0.0615. The van der Waals surface area contributed by atoms with Crippen LogP contribution in [0.4, 0.5) is 5.13 Å². The van der Waals surface area contributed by atoms with Crippen molar-refractivity contribution in [2.75, 3.05) is 18.5 Å². The lowest BCUT2D eigenvalue weighted by atomic mass is 10.1. The van der Waals surface area contributed by atoms with Crippen LogP contribution >= 0.6 is 11.3 Å². The van der Waals surface area contributed by atoms with Crippen molar-refractivity contribution in [1.82, 2.24) is 9.88 Å². The fourth-order valence-corrected chi connectivity index (χ4v) is 3.83. The molecule has 1 saturated carbocycles. The molecule has 1 atom stereocenters. The van der Waals surface area contributed by atoms with E-state index >= 15 is 0 Å². The molecule has 1 aromatic rings. The molecule has 1 aliphatic heterocycles. The third kappa shape index (κ3) is 2.44. The first-order valence-corrected chi connectivity index (χ1v) is 8.01. The van der Waals surface area contributed by atoms with E-state index in [9.17, 15) is 9.59 Å². The Morgan fingerprint density at radius 2 is 2.20 bits per heavy atom. The molecular formula is C14H19N3O2S. The zero-order valence-corrected chi connectivity index (χ0v) is 12.4. The van der Waals surface area contributed by atoms with Gasteiger partial charge in [-0.3, -0.25) is 14.5 Å². The molecule has 0 spiro atoms. The zero-order valence-electron chi connectivity index (χ0n) is 11.6. The smallest absolute Gasteiger partial charge is 0.233 e. The molecular weight excluding hydrogens is 274 g/mol. The van der Waals surface area contributed by atoms with Gasteiger partial charge >= 0.3 is 0 Å². The van der Waals surface area contributed by atoms with Crippen molar-refractivity contribution in [3.05, 3.63) is 11.6 Å². The molecule has 1 saturated heterocycles. The first-order chi connectivity index (χ1) is 9.66. The monoisotopic (exact) mass is 293 g/mol. The van der Waals surface area contributed by atoms with Gasteiger partial charge in [0.2, 0.25) is 11.8 Å². The van der Waals surface area contributed by atoms with Crippen LogP contribution < -0.4 is 4.90 Å². The van der Waals surface area contributed by atoms with Crippen molar-refractivity contribution >= 4 is 28.3 Å². The van der Waals surface area contributed by atoms with Crippen molar-refractivity contribution in [3.63, 3.8) is 0 Å². The second kappa shape index (κ2) is 5.52. The van der Waals surface area contributed by atoms with Crippen molar-refractivity contribution in [1.29, 1.82) is 0 Å². The van der Waals surface area contributed by atoms with Crippen LogP contribution in [0.25, 0.3) is 0 Å². The minimum Gasteiger partial charge on any atom is -0.339 e. The zero-order chi connectivity index (χ0) is 14.1. The van der Waals surface area contributed by atoms with Crippen LogP contribution in [-0.4, -0.2) is 41.3 Å². The Kier molecular flexibility index (Phi) is 3.74. The molecule has 1 aliphatic carbocycles. The average Bonchev–Trinajstić information content (AvgIpc) is 3.17. The quantitative estimate of drug-likeness (QED) is 0.855. The molecule has 0 bridgehead atoms. The van der Waals surface area contributed by atoms with Gasteiger partial charge in [0.05, 0.1) is 5.92 Å². The Bertz CT molecular complexity index is 497. The Morgan fingerprint density at radius 1 is 1.45 bits per heavy atom. The highest BCUT2D eigenvalue weighted by Crippen LogP contribution is 2.30. The maximum atomic E-state index is 12.5. The van der Waals surface area contributed by atoms with Gasteiger partial charge in [-0.05, 0) is 12.8 Å². The second-order valence-corrected chi connectivity index (χ2v) is 6.47. The molecule has 1 aromatic heterocycles. The predicted molar refractivity (Wildman–Crippen MR) is 77.6 cm³/mol. The molecule has 2 amide bonds. The molecule has 2 heterocycles. The van der Waals surface area contributed by atoms with E-state index in [1.165, 1.54) is 24.2 Å². The summed E-state index contributed by atoms with van der Waals surface area (Å²) in [4.78, 5) is 32.3. The molecule has 108 valence electrons. The topological polar surface area (TPSA) is 53.5 Å². The SMILES string of the molecule is CN(C(=O)C1CC(=O)N(C2CCCC2)C1)c1nccs1. The average molecular weight is 293 g/mol. The van der Waals surface area contributed by atoms with E-state index in [-0.39, 0.29) is 17.7 Å². The fraction of sp³-hybridized carbons (Fsp3) is 0.643. The minimum atomic E-state index is -0.211. The summed E-state index contributed by atoms with van der Waals surface area (Å²) in [6.45, 7) is 0.581. The molecule has 5 nitrogen and oxygen atoms in total. The van der Waals surface area contributed by atoms with Gasteiger partial charge in [0.1, 0.15) is 0 Å². The van der Waals surface area contributed by atoms with Crippen molar-refractivity contribution in [3.8, 4) is 0 Å². The number of likely N-dealkylation sites (tertiary alicyclic amines) is 1. The third-order valence-electron chi connectivity index (χ3n) is 4.31. The van der Waals surface area contributed by atoms with E-state index in [0.717, 1.165) is 12.8 Å².